The minimum absolute atomic E-state index is 0.0935. The first kappa shape index (κ1) is 19.1. The Morgan fingerprint density at radius 2 is 1.72 bits per heavy atom. The molecule has 0 aliphatic heterocycles. The summed E-state index contributed by atoms with van der Waals surface area (Å²) in [5.74, 6) is 0.195. The van der Waals surface area contributed by atoms with E-state index in [1.54, 1.807) is 43.3 Å². The first-order valence-corrected chi connectivity index (χ1v) is 8.19. The summed E-state index contributed by atoms with van der Waals surface area (Å²) in [6.45, 7) is 3.04. The van der Waals surface area contributed by atoms with Crippen LogP contribution in [0.15, 0.2) is 36.4 Å². The van der Waals surface area contributed by atoms with Gasteiger partial charge in [0.2, 0.25) is 0 Å². The molecule has 2 aromatic rings. The monoisotopic (exact) mass is 381 g/mol. The van der Waals surface area contributed by atoms with E-state index < -0.39 is 12.0 Å². The Bertz CT molecular complexity index is 787. The molecule has 0 heterocycles. The lowest BCUT2D eigenvalue weighted by Gasteiger charge is -2.18. The maximum atomic E-state index is 12.3. The van der Waals surface area contributed by atoms with E-state index in [1.807, 2.05) is 0 Å². The maximum absolute atomic E-state index is 12.3. The second-order valence-electron chi connectivity index (χ2n) is 5.27. The highest BCUT2D eigenvalue weighted by Gasteiger charge is 2.19. The molecule has 0 unspecified atom stereocenters. The average molecular weight is 382 g/mol. The number of carbonyl (C=O) groups excluding carboxylic acids is 2. The van der Waals surface area contributed by atoms with Crippen LogP contribution >= 0.6 is 23.2 Å². The van der Waals surface area contributed by atoms with Crippen LogP contribution in [0.4, 0.5) is 5.69 Å². The molecule has 0 radical (unpaired) electrons. The van der Waals surface area contributed by atoms with Gasteiger partial charge < -0.3 is 14.8 Å². The van der Waals surface area contributed by atoms with E-state index in [1.165, 1.54) is 14.0 Å². The van der Waals surface area contributed by atoms with E-state index in [9.17, 15) is 9.59 Å². The van der Waals surface area contributed by atoms with Crippen LogP contribution in [0.1, 0.15) is 24.2 Å². The van der Waals surface area contributed by atoms with Crippen LogP contribution in [0.5, 0.6) is 11.5 Å². The lowest BCUT2D eigenvalue weighted by Crippen LogP contribution is -2.30. The molecule has 0 saturated heterocycles. The van der Waals surface area contributed by atoms with Gasteiger partial charge in [-0.15, -0.1) is 0 Å². The molecule has 0 saturated carbocycles. The lowest BCUT2D eigenvalue weighted by molar-refractivity contribution is -0.122. The Kier molecular flexibility index (Phi) is 6.28. The summed E-state index contributed by atoms with van der Waals surface area (Å²) in [5.41, 5.74) is 0.814. The van der Waals surface area contributed by atoms with Gasteiger partial charge >= 0.3 is 0 Å². The van der Waals surface area contributed by atoms with Gasteiger partial charge in [0.05, 0.1) is 22.8 Å². The molecular weight excluding hydrogens is 365 g/mol. The molecule has 0 aliphatic rings. The minimum atomic E-state index is -0.843. The minimum Gasteiger partial charge on any atom is -0.493 e. The highest BCUT2D eigenvalue weighted by Crippen LogP contribution is 2.31. The number of ketones is 1. The smallest absolute Gasteiger partial charge is 0.265 e. The summed E-state index contributed by atoms with van der Waals surface area (Å²) in [7, 11) is 1.46. The van der Waals surface area contributed by atoms with E-state index in [0.29, 0.717) is 32.8 Å². The van der Waals surface area contributed by atoms with Crippen LogP contribution in [-0.4, -0.2) is 24.9 Å². The topological polar surface area (TPSA) is 64.6 Å². The van der Waals surface area contributed by atoms with Crippen molar-refractivity contribution in [3.8, 4) is 11.5 Å². The number of para-hydroxylation sites is 1. The van der Waals surface area contributed by atoms with Crippen molar-refractivity contribution in [1.29, 1.82) is 0 Å². The number of hydrogen-bond donors (Lipinski definition) is 1. The molecule has 0 spiro atoms. The van der Waals surface area contributed by atoms with E-state index >= 15 is 0 Å². The molecule has 7 heteroatoms. The van der Waals surface area contributed by atoms with Gasteiger partial charge in [0.25, 0.3) is 5.91 Å². The molecule has 0 fully saturated rings. The largest absolute Gasteiger partial charge is 0.493 e. The standard InChI is InChI=1S/C18H17Cl2NO4/c1-10(22)12-7-8-15(16(9-12)24-3)25-11(2)18(23)21-17-13(19)5-4-6-14(17)20/h4-9,11H,1-3H3,(H,21,23)/t11-/m1/s1. The summed E-state index contributed by atoms with van der Waals surface area (Å²) < 4.78 is 10.9. The average Bonchev–Trinajstić information content (AvgIpc) is 2.58. The Hall–Kier alpha value is -2.24. The van der Waals surface area contributed by atoms with Crippen molar-refractivity contribution in [2.75, 3.05) is 12.4 Å². The summed E-state index contributed by atoms with van der Waals surface area (Å²) in [4.78, 5) is 23.8. The summed E-state index contributed by atoms with van der Waals surface area (Å²) in [6.07, 6.45) is -0.843. The molecule has 1 N–H and O–H groups in total. The molecular formula is C18H17Cl2NO4. The van der Waals surface area contributed by atoms with Crippen LogP contribution < -0.4 is 14.8 Å². The number of halogens is 2. The third kappa shape index (κ3) is 4.65. The molecule has 1 atom stereocenters. The van der Waals surface area contributed by atoms with E-state index in [-0.39, 0.29) is 5.78 Å². The van der Waals surface area contributed by atoms with Gasteiger partial charge in [-0.3, -0.25) is 9.59 Å². The highest BCUT2D eigenvalue weighted by atomic mass is 35.5. The van der Waals surface area contributed by atoms with Gasteiger partial charge in [0.1, 0.15) is 0 Å². The predicted molar refractivity (Wildman–Crippen MR) is 98.2 cm³/mol. The number of carbonyl (C=O) groups is 2. The first-order chi connectivity index (χ1) is 11.8. The number of rotatable bonds is 6. The Balaban J connectivity index is 2.15. The normalized spacial score (nSPS) is 11.6. The highest BCUT2D eigenvalue weighted by molar-refractivity contribution is 6.39. The van der Waals surface area contributed by atoms with Crippen molar-refractivity contribution in [2.45, 2.75) is 20.0 Å². The van der Waals surface area contributed by atoms with Gasteiger partial charge in [0, 0.05) is 5.56 Å². The zero-order chi connectivity index (χ0) is 18.6. The molecule has 132 valence electrons. The summed E-state index contributed by atoms with van der Waals surface area (Å²) >= 11 is 12.1. The zero-order valence-corrected chi connectivity index (χ0v) is 15.4. The quantitative estimate of drug-likeness (QED) is 0.741. The number of Topliss-reactive ketones (excluding diaryl/α,β-unsaturated/α-hetero) is 1. The zero-order valence-electron chi connectivity index (χ0n) is 13.9. The van der Waals surface area contributed by atoms with E-state index in [4.69, 9.17) is 32.7 Å². The Morgan fingerprint density at radius 1 is 1.08 bits per heavy atom. The lowest BCUT2D eigenvalue weighted by atomic mass is 10.1. The molecule has 0 aliphatic carbocycles. The number of hydrogen-bond acceptors (Lipinski definition) is 4. The number of benzene rings is 2. The van der Waals surface area contributed by atoms with Crippen molar-refractivity contribution in [2.24, 2.45) is 0 Å². The number of methoxy groups -OCH3 is 1. The second-order valence-corrected chi connectivity index (χ2v) is 6.08. The van der Waals surface area contributed by atoms with Gasteiger partial charge in [-0.25, -0.2) is 0 Å². The van der Waals surface area contributed by atoms with Crippen LogP contribution in [0, 0.1) is 0 Å². The summed E-state index contributed by atoms with van der Waals surface area (Å²) in [5, 5.41) is 3.30. The van der Waals surface area contributed by atoms with Gasteiger partial charge in [-0.1, -0.05) is 29.3 Å². The van der Waals surface area contributed by atoms with E-state index in [0.717, 1.165) is 0 Å². The number of amides is 1. The third-order valence-corrected chi connectivity index (χ3v) is 4.08. The van der Waals surface area contributed by atoms with Crippen LogP contribution in [0.3, 0.4) is 0 Å². The molecule has 2 rings (SSSR count). The fraction of sp³-hybridized carbons (Fsp3) is 0.222. The van der Waals surface area contributed by atoms with Crippen molar-refractivity contribution in [3.63, 3.8) is 0 Å². The van der Waals surface area contributed by atoms with Crippen molar-refractivity contribution < 1.29 is 19.1 Å². The molecule has 1 amide bonds. The SMILES string of the molecule is COc1cc(C(C)=O)ccc1O[C@H](C)C(=O)Nc1c(Cl)cccc1Cl. The number of anilines is 1. The van der Waals surface area contributed by atoms with Gasteiger partial charge in [-0.05, 0) is 44.2 Å². The molecule has 2 aromatic carbocycles. The number of nitrogens with one attached hydrogen (secondary N) is 1. The maximum Gasteiger partial charge on any atom is 0.265 e. The molecule has 5 nitrogen and oxygen atoms in total. The fourth-order valence-corrected chi connectivity index (χ4v) is 2.56. The van der Waals surface area contributed by atoms with Crippen molar-refractivity contribution in [1.82, 2.24) is 0 Å². The molecule has 0 bridgehead atoms. The molecule has 25 heavy (non-hydrogen) atoms. The van der Waals surface area contributed by atoms with Crippen LogP contribution in [-0.2, 0) is 4.79 Å². The fourth-order valence-electron chi connectivity index (χ4n) is 2.07. The Labute approximate surface area is 155 Å². The summed E-state index contributed by atoms with van der Waals surface area (Å²) in [6, 6.07) is 9.68. The second kappa shape index (κ2) is 8.23. The first-order valence-electron chi connectivity index (χ1n) is 7.44. The predicted octanol–water partition coefficient (Wildman–Crippen LogP) is 4.61. The van der Waals surface area contributed by atoms with Crippen molar-refractivity contribution in [3.05, 3.63) is 52.0 Å². The van der Waals surface area contributed by atoms with Crippen LogP contribution in [0.25, 0.3) is 0 Å². The van der Waals surface area contributed by atoms with Gasteiger partial charge in [0.15, 0.2) is 23.4 Å². The van der Waals surface area contributed by atoms with Crippen LogP contribution in [0.2, 0.25) is 10.0 Å². The van der Waals surface area contributed by atoms with Gasteiger partial charge in [-0.2, -0.15) is 0 Å². The number of ether oxygens (including phenoxy) is 2. The Morgan fingerprint density at radius 3 is 2.28 bits per heavy atom. The molecule has 0 aromatic heterocycles. The third-order valence-electron chi connectivity index (χ3n) is 3.45. The van der Waals surface area contributed by atoms with E-state index in [2.05, 4.69) is 5.32 Å². The van der Waals surface area contributed by atoms with Crippen molar-refractivity contribution >= 4 is 40.6 Å².